The van der Waals surface area contributed by atoms with Gasteiger partial charge in [-0.05, 0) is 67.0 Å². The van der Waals surface area contributed by atoms with Crippen LogP contribution in [-0.4, -0.2) is 40.5 Å². The van der Waals surface area contributed by atoms with E-state index in [9.17, 15) is 4.79 Å². The average Bonchev–Trinajstić information content (AvgIpc) is 2.78. The number of hydrogen-bond acceptors (Lipinski definition) is 6. The first kappa shape index (κ1) is 24.1. The molecule has 7 heteroatoms. The third-order valence-corrected chi connectivity index (χ3v) is 6.70. The third-order valence-electron chi connectivity index (χ3n) is 5.92. The molecule has 0 fully saturated rings. The maximum absolute atomic E-state index is 13.3. The van der Waals surface area contributed by atoms with Crippen LogP contribution in [0.4, 0.5) is 5.95 Å². The quantitative estimate of drug-likeness (QED) is 0.448. The number of carbonyl (C=O) groups excluding carboxylic acids is 1. The van der Waals surface area contributed by atoms with Gasteiger partial charge in [0.2, 0.25) is 11.8 Å². The summed E-state index contributed by atoms with van der Waals surface area (Å²) in [7, 11) is 1.85. The van der Waals surface area contributed by atoms with Gasteiger partial charge in [-0.15, -0.1) is 0 Å². The Balaban J connectivity index is 1.79. The first-order valence-corrected chi connectivity index (χ1v) is 12.3. The van der Waals surface area contributed by atoms with Crippen LogP contribution in [0.15, 0.2) is 53.4 Å². The van der Waals surface area contributed by atoms with E-state index in [0.717, 1.165) is 33.7 Å². The molecule has 4 bridgehead atoms. The van der Waals surface area contributed by atoms with Crippen LogP contribution in [0.3, 0.4) is 0 Å². The summed E-state index contributed by atoms with van der Waals surface area (Å²) < 4.78 is 9.49. The van der Waals surface area contributed by atoms with E-state index >= 15 is 0 Å². The lowest BCUT2D eigenvalue weighted by molar-refractivity contribution is 0.0613. The van der Waals surface area contributed by atoms with Gasteiger partial charge < -0.3 is 9.64 Å². The van der Waals surface area contributed by atoms with Crippen LogP contribution in [0, 0.1) is 19.3 Å². The molecule has 0 spiro atoms. The zero-order chi connectivity index (χ0) is 24.5. The standard InChI is InChI=1S/C27H32N4O2S/c1-17-9-7-10-18(2)24(17)22-14-23-29-26(28-22)30-34-21-12-8-11-19(13-21)25(32)31(6)20(16-33-23)15-27(3,4)5/h7-14,20H,15-16H2,1-6H3,(H,28,29,30)/t20-/m1/s1. The van der Waals surface area contributed by atoms with Gasteiger partial charge in [0.1, 0.15) is 6.61 Å². The number of aromatic nitrogens is 2. The molecule has 2 heterocycles. The van der Waals surface area contributed by atoms with Gasteiger partial charge in [-0.1, -0.05) is 45.0 Å². The van der Waals surface area contributed by atoms with E-state index in [0.29, 0.717) is 24.0 Å². The van der Waals surface area contributed by atoms with E-state index in [1.54, 1.807) is 4.90 Å². The van der Waals surface area contributed by atoms with Crippen LogP contribution >= 0.6 is 11.9 Å². The van der Waals surface area contributed by atoms with Crippen LogP contribution in [0.2, 0.25) is 0 Å². The Morgan fingerprint density at radius 3 is 2.50 bits per heavy atom. The van der Waals surface area contributed by atoms with E-state index in [4.69, 9.17) is 9.72 Å². The second kappa shape index (κ2) is 9.66. The summed E-state index contributed by atoms with van der Waals surface area (Å²) in [6.45, 7) is 11.0. The topological polar surface area (TPSA) is 67.4 Å². The molecule has 1 atom stereocenters. The maximum Gasteiger partial charge on any atom is 0.254 e. The highest BCUT2D eigenvalue weighted by molar-refractivity contribution is 8.00. The summed E-state index contributed by atoms with van der Waals surface area (Å²) >= 11 is 1.38. The predicted molar refractivity (Wildman–Crippen MR) is 138 cm³/mol. The van der Waals surface area contributed by atoms with Crippen molar-refractivity contribution in [1.82, 2.24) is 14.9 Å². The normalized spacial score (nSPS) is 16.6. The first-order valence-electron chi connectivity index (χ1n) is 11.5. The zero-order valence-corrected chi connectivity index (χ0v) is 21.5. The molecule has 0 unspecified atom stereocenters. The summed E-state index contributed by atoms with van der Waals surface area (Å²) in [6.07, 6.45) is 0.795. The Hall–Kier alpha value is -3.06. The summed E-state index contributed by atoms with van der Waals surface area (Å²) in [5.74, 6) is 0.937. The van der Waals surface area contributed by atoms with Crippen LogP contribution in [0.1, 0.15) is 48.7 Å². The van der Waals surface area contributed by atoms with E-state index in [1.165, 1.54) is 11.9 Å². The molecule has 1 aromatic heterocycles. The Kier molecular flexibility index (Phi) is 6.84. The second-order valence-corrected chi connectivity index (χ2v) is 10.9. The molecule has 2 aromatic carbocycles. The van der Waals surface area contributed by atoms with Crippen LogP contribution in [-0.2, 0) is 0 Å². The van der Waals surface area contributed by atoms with E-state index < -0.39 is 0 Å². The van der Waals surface area contributed by atoms with Crippen molar-refractivity contribution < 1.29 is 9.53 Å². The van der Waals surface area contributed by atoms with E-state index in [1.807, 2.05) is 43.4 Å². The highest BCUT2D eigenvalue weighted by atomic mass is 32.2. The Morgan fingerprint density at radius 2 is 1.79 bits per heavy atom. The van der Waals surface area contributed by atoms with Gasteiger partial charge in [-0.25, -0.2) is 4.98 Å². The van der Waals surface area contributed by atoms with Gasteiger partial charge in [0.15, 0.2) is 0 Å². The largest absolute Gasteiger partial charge is 0.475 e. The number of aryl methyl sites for hydroxylation is 2. The highest BCUT2D eigenvalue weighted by Gasteiger charge is 2.27. The van der Waals surface area contributed by atoms with Crippen molar-refractivity contribution >= 4 is 23.8 Å². The van der Waals surface area contributed by atoms with Gasteiger partial charge in [-0.2, -0.15) is 4.98 Å². The Bertz CT molecular complexity index is 1190. The first-order chi connectivity index (χ1) is 16.1. The van der Waals surface area contributed by atoms with Gasteiger partial charge in [-0.3, -0.25) is 9.52 Å². The fraction of sp³-hybridized carbons (Fsp3) is 0.370. The Morgan fingerprint density at radius 1 is 1.09 bits per heavy atom. The fourth-order valence-electron chi connectivity index (χ4n) is 4.25. The number of fused-ring (bicyclic) bond motifs is 4. The van der Waals surface area contributed by atoms with E-state index in [2.05, 4.69) is 56.5 Å². The summed E-state index contributed by atoms with van der Waals surface area (Å²) in [6, 6.07) is 15.6. The lowest BCUT2D eigenvalue weighted by Gasteiger charge is -2.33. The number of nitrogens with zero attached hydrogens (tertiary/aromatic N) is 3. The van der Waals surface area contributed by atoms with Crippen molar-refractivity contribution in [3.05, 3.63) is 65.2 Å². The number of nitrogens with one attached hydrogen (secondary N) is 1. The van der Waals surface area contributed by atoms with Crippen LogP contribution in [0.25, 0.3) is 11.3 Å². The molecule has 1 N–H and O–H groups in total. The average molecular weight is 477 g/mol. The summed E-state index contributed by atoms with van der Waals surface area (Å²) in [5, 5.41) is 0. The SMILES string of the molecule is Cc1cccc(C)c1-c1cc2nc(n1)NSc1cccc(c1)C(=O)N(C)[C@H](CC(C)(C)C)CO2. The summed E-state index contributed by atoms with van der Waals surface area (Å²) in [4.78, 5) is 25.5. The minimum Gasteiger partial charge on any atom is -0.475 e. The molecule has 1 amide bonds. The third kappa shape index (κ3) is 5.53. The highest BCUT2D eigenvalue weighted by Crippen LogP contribution is 2.31. The maximum atomic E-state index is 13.3. The van der Waals surface area contributed by atoms with Crippen molar-refractivity contribution in [2.24, 2.45) is 5.41 Å². The number of rotatable bonds is 2. The number of amides is 1. The van der Waals surface area contributed by atoms with Gasteiger partial charge in [0, 0.05) is 29.1 Å². The molecule has 0 saturated carbocycles. The number of hydrogen-bond donors (Lipinski definition) is 1. The number of benzene rings is 2. The molecule has 1 aliphatic heterocycles. The molecule has 0 radical (unpaired) electrons. The number of ether oxygens (including phenoxy) is 1. The smallest absolute Gasteiger partial charge is 0.254 e. The second-order valence-electron chi connectivity index (χ2n) is 10.1. The minimum absolute atomic E-state index is 0.0198. The molecule has 3 aromatic rings. The summed E-state index contributed by atoms with van der Waals surface area (Å²) in [5.41, 5.74) is 4.85. The van der Waals surface area contributed by atoms with Crippen LogP contribution < -0.4 is 9.46 Å². The number of carbonyl (C=O) groups is 1. The van der Waals surface area contributed by atoms with Crippen molar-refractivity contribution in [3.63, 3.8) is 0 Å². The monoisotopic (exact) mass is 476 g/mol. The fourth-order valence-corrected chi connectivity index (χ4v) is 4.89. The van der Waals surface area contributed by atoms with Crippen molar-refractivity contribution in [2.45, 2.75) is 52.0 Å². The lowest BCUT2D eigenvalue weighted by atomic mass is 9.87. The molecule has 0 saturated heterocycles. The number of anilines is 1. The zero-order valence-electron chi connectivity index (χ0n) is 20.7. The van der Waals surface area contributed by atoms with Crippen molar-refractivity contribution in [2.75, 3.05) is 18.4 Å². The molecule has 4 rings (SSSR count). The predicted octanol–water partition coefficient (Wildman–Crippen LogP) is 6.15. The molecule has 34 heavy (non-hydrogen) atoms. The van der Waals surface area contributed by atoms with Gasteiger partial charge >= 0.3 is 0 Å². The van der Waals surface area contributed by atoms with Gasteiger partial charge in [0.05, 0.1) is 11.7 Å². The van der Waals surface area contributed by atoms with Crippen molar-refractivity contribution in [1.29, 1.82) is 0 Å². The molecule has 6 nitrogen and oxygen atoms in total. The Labute approximate surface area is 206 Å². The van der Waals surface area contributed by atoms with Gasteiger partial charge in [0.25, 0.3) is 5.91 Å². The molecular weight excluding hydrogens is 444 g/mol. The van der Waals surface area contributed by atoms with Crippen molar-refractivity contribution in [3.8, 4) is 17.1 Å². The molecular formula is C27H32N4O2S. The lowest BCUT2D eigenvalue weighted by Crippen LogP contribution is -2.43. The number of likely N-dealkylation sites (N-methyl/N-ethyl adjacent to an activating group) is 1. The molecule has 178 valence electrons. The molecule has 0 aliphatic carbocycles. The molecule has 1 aliphatic rings. The van der Waals surface area contributed by atoms with E-state index in [-0.39, 0.29) is 17.4 Å². The van der Waals surface area contributed by atoms with Crippen LogP contribution in [0.5, 0.6) is 5.88 Å². The minimum atomic E-state index is -0.111.